The van der Waals surface area contributed by atoms with Gasteiger partial charge in [-0.05, 0) is 24.5 Å². The fourth-order valence-electron chi connectivity index (χ4n) is 1.64. The Morgan fingerprint density at radius 3 is 3.00 bits per heavy atom. The predicted molar refractivity (Wildman–Crippen MR) is 54.8 cm³/mol. The van der Waals surface area contributed by atoms with Crippen molar-refractivity contribution >= 4 is 5.69 Å². The molecule has 1 aliphatic rings. The fourth-order valence-corrected chi connectivity index (χ4v) is 1.64. The van der Waals surface area contributed by atoms with Crippen LogP contribution >= 0.6 is 0 Å². The maximum Gasteiger partial charge on any atom is 0.140 e. The van der Waals surface area contributed by atoms with Crippen LogP contribution in [0, 0.1) is 17.2 Å². The molecule has 3 heteroatoms. The molecule has 1 saturated carbocycles. The van der Waals surface area contributed by atoms with Crippen LogP contribution in [0.25, 0.3) is 0 Å². The second-order valence-corrected chi connectivity index (χ2v) is 3.70. The number of nitrogens with zero attached hydrogens (tertiary/aromatic N) is 2. The smallest absolute Gasteiger partial charge is 0.140 e. The van der Waals surface area contributed by atoms with Gasteiger partial charge < -0.3 is 5.32 Å². The van der Waals surface area contributed by atoms with Crippen LogP contribution in [0.5, 0.6) is 0 Å². The van der Waals surface area contributed by atoms with E-state index in [4.69, 9.17) is 5.26 Å². The molecule has 0 saturated heterocycles. The van der Waals surface area contributed by atoms with Crippen molar-refractivity contribution in [1.29, 1.82) is 5.26 Å². The van der Waals surface area contributed by atoms with Crippen molar-refractivity contribution in [3.8, 4) is 6.07 Å². The third-order valence-electron chi connectivity index (χ3n) is 2.68. The monoisotopic (exact) mass is 187 g/mol. The van der Waals surface area contributed by atoms with Crippen molar-refractivity contribution in [1.82, 2.24) is 4.98 Å². The van der Waals surface area contributed by atoms with Crippen molar-refractivity contribution in [3.05, 3.63) is 24.0 Å². The van der Waals surface area contributed by atoms with Gasteiger partial charge in [-0.2, -0.15) is 5.26 Å². The number of hydrogen-bond donors (Lipinski definition) is 1. The number of hydrogen-bond acceptors (Lipinski definition) is 3. The van der Waals surface area contributed by atoms with Crippen LogP contribution < -0.4 is 5.32 Å². The Morgan fingerprint density at radius 1 is 1.64 bits per heavy atom. The van der Waals surface area contributed by atoms with E-state index >= 15 is 0 Å². The second-order valence-electron chi connectivity index (χ2n) is 3.70. The zero-order valence-electron chi connectivity index (χ0n) is 8.20. The summed E-state index contributed by atoms with van der Waals surface area (Å²) >= 11 is 0. The molecule has 2 unspecified atom stereocenters. The summed E-state index contributed by atoms with van der Waals surface area (Å²) in [5.41, 5.74) is 1.49. The highest BCUT2D eigenvalue weighted by molar-refractivity contribution is 5.44. The Bertz CT molecular complexity index is 350. The van der Waals surface area contributed by atoms with Gasteiger partial charge in [-0.3, -0.25) is 0 Å². The molecule has 1 aromatic heterocycles. The van der Waals surface area contributed by atoms with E-state index in [9.17, 15) is 0 Å². The van der Waals surface area contributed by atoms with Gasteiger partial charge in [-0.25, -0.2) is 4.98 Å². The Morgan fingerprint density at radius 2 is 2.50 bits per heavy atom. The number of nitrogens with one attached hydrogen (secondary N) is 1. The van der Waals surface area contributed by atoms with Gasteiger partial charge in [0.2, 0.25) is 0 Å². The molecule has 0 bridgehead atoms. The SMILES string of the molecule is CCC1CC1Nc1ccc(C#N)nc1. The van der Waals surface area contributed by atoms with Gasteiger partial charge in [-0.1, -0.05) is 13.3 Å². The predicted octanol–water partition coefficient (Wildman–Crippen LogP) is 2.16. The normalized spacial score (nSPS) is 24.0. The molecule has 2 rings (SSSR count). The van der Waals surface area contributed by atoms with Crippen LogP contribution in [-0.4, -0.2) is 11.0 Å². The van der Waals surface area contributed by atoms with Gasteiger partial charge in [0.1, 0.15) is 11.8 Å². The zero-order chi connectivity index (χ0) is 9.97. The van der Waals surface area contributed by atoms with Crippen LogP contribution in [0.3, 0.4) is 0 Å². The first-order chi connectivity index (χ1) is 6.83. The van der Waals surface area contributed by atoms with Crippen LogP contribution in [0.1, 0.15) is 25.5 Å². The number of rotatable bonds is 3. The van der Waals surface area contributed by atoms with Crippen molar-refractivity contribution < 1.29 is 0 Å². The summed E-state index contributed by atoms with van der Waals surface area (Å²) in [5.74, 6) is 0.825. The molecule has 0 spiro atoms. The van der Waals surface area contributed by atoms with E-state index in [1.807, 2.05) is 12.1 Å². The summed E-state index contributed by atoms with van der Waals surface area (Å²) in [6, 6.07) is 6.28. The first-order valence-electron chi connectivity index (χ1n) is 4.96. The topological polar surface area (TPSA) is 48.7 Å². The molecule has 3 nitrogen and oxygen atoms in total. The van der Waals surface area contributed by atoms with Gasteiger partial charge >= 0.3 is 0 Å². The van der Waals surface area contributed by atoms with E-state index in [1.54, 1.807) is 12.3 Å². The first kappa shape index (κ1) is 9.01. The van der Waals surface area contributed by atoms with Crippen molar-refractivity contribution in [2.75, 3.05) is 5.32 Å². The minimum atomic E-state index is 0.471. The average molecular weight is 187 g/mol. The van der Waals surface area contributed by atoms with Crippen molar-refractivity contribution in [2.45, 2.75) is 25.8 Å². The van der Waals surface area contributed by atoms with E-state index in [0.29, 0.717) is 11.7 Å². The van der Waals surface area contributed by atoms with E-state index in [1.165, 1.54) is 12.8 Å². The highest BCUT2D eigenvalue weighted by atomic mass is 15.0. The first-order valence-corrected chi connectivity index (χ1v) is 4.96. The maximum absolute atomic E-state index is 8.57. The summed E-state index contributed by atoms with van der Waals surface area (Å²) in [7, 11) is 0. The molecule has 1 heterocycles. The van der Waals surface area contributed by atoms with Crippen molar-refractivity contribution in [3.63, 3.8) is 0 Å². The van der Waals surface area contributed by atoms with Crippen LogP contribution in [0.2, 0.25) is 0 Å². The van der Waals surface area contributed by atoms with Gasteiger partial charge in [-0.15, -0.1) is 0 Å². The Balaban J connectivity index is 1.95. The molecule has 2 atom stereocenters. The quantitative estimate of drug-likeness (QED) is 0.788. The highest BCUT2D eigenvalue weighted by Crippen LogP contribution is 2.35. The van der Waals surface area contributed by atoms with Crippen molar-refractivity contribution in [2.24, 2.45) is 5.92 Å². The molecule has 1 N–H and O–H groups in total. The maximum atomic E-state index is 8.57. The number of pyridine rings is 1. The van der Waals surface area contributed by atoms with Crippen LogP contribution in [-0.2, 0) is 0 Å². The standard InChI is InChI=1S/C11H13N3/c1-2-8-5-11(8)14-10-4-3-9(6-12)13-7-10/h3-4,7-8,11,14H,2,5H2,1H3. The lowest BCUT2D eigenvalue weighted by Crippen LogP contribution is -2.04. The van der Waals surface area contributed by atoms with Crippen LogP contribution in [0.4, 0.5) is 5.69 Å². The van der Waals surface area contributed by atoms with Crippen LogP contribution in [0.15, 0.2) is 18.3 Å². The largest absolute Gasteiger partial charge is 0.381 e. The number of aromatic nitrogens is 1. The van der Waals surface area contributed by atoms with E-state index in [2.05, 4.69) is 17.2 Å². The average Bonchev–Trinajstić information content (AvgIpc) is 2.98. The molecule has 14 heavy (non-hydrogen) atoms. The lowest BCUT2D eigenvalue weighted by molar-refractivity contribution is 0.774. The molecule has 0 aromatic carbocycles. The molecule has 1 fully saturated rings. The minimum Gasteiger partial charge on any atom is -0.381 e. The molecule has 0 aliphatic heterocycles. The molecular formula is C11H13N3. The summed E-state index contributed by atoms with van der Waals surface area (Å²) in [6.45, 7) is 2.21. The Labute approximate surface area is 83.8 Å². The molecule has 1 aliphatic carbocycles. The number of nitriles is 1. The number of anilines is 1. The molecule has 1 aromatic rings. The Hall–Kier alpha value is -1.56. The molecule has 0 amide bonds. The van der Waals surface area contributed by atoms with Gasteiger partial charge in [0.05, 0.1) is 11.9 Å². The summed E-state index contributed by atoms with van der Waals surface area (Å²) in [5, 5.41) is 12.0. The summed E-state index contributed by atoms with van der Waals surface area (Å²) < 4.78 is 0. The summed E-state index contributed by atoms with van der Waals surface area (Å²) in [6.07, 6.45) is 4.22. The minimum absolute atomic E-state index is 0.471. The molecule has 0 radical (unpaired) electrons. The highest BCUT2D eigenvalue weighted by Gasteiger charge is 2.34. The molecular weight excluding hydrogens is 174 g/mol. The van der Waals surface area contributed by atoms with E-state index in [-0.39, 0.29) is 0 Å². The molecule has 72 valence electrons. The van der Waals surface area contributed by atoms with E-state index < -0.39 is 0 Å². The lowest BCUT2D eigenvalue weighted by Gasteiger charge is -2.03. The third kappa shape index (κ3) is 1.85. The summed E-state index contributed by atoms with van der Waals surface area (Å²) in [4.78, 5) is 4.01. The van der Waals surface area contributed by atoms with Gasteiger partial charge in [0.25, 0.3) is 0 Å². The third-order valence-corrected chi connectivity index (χ3v) is 2.68. The Kier molecular flexibility index (Phi) is 2.36. The second kappa shape index (κ2) is 3.67. The van der Waals surface area contributed by atoms with Gasteiger partial charge in [0, 0.05) is 6.04 Å². The lowest BCUT2D eigenvalue weighted by atomic mass is 10.3. The zero-order valence-corrected chi connectivity index (χ0v) is 8.20. The van der Waals surface area contributed by atoms with Gasteiger partial charge in [0.15, 0.2) is 0 Å². The fraction of sp³-hybridized carbons (Fsp3) is 0.455. The van der Waals surface area contributed by atoms with E-state index in [0.717, 1.165) is 11.6 Å².